The summed E-state index contributed by atoms with van der Waals surface area (Å²) >= 11 is 0. The molecule has 3 N–H and O–H groups in total. The first-order valence-corrected chi connectivity index (χ1v) is 7.34. The number of nitrogens with zero attached hydrogens (tertiary/aromatic N) is 1. The number of nitrogens with one attached hydrogen (secondary N) is 1. The zero-order valence-electron chi connectivity index (χ0n) is 11.9. The largest absolute Gasteiger partial charge is 0.353 e. The van der Waals surface area contributed by atoms with Gasteiger partial charge in [-0.1, -0.05) is 20.3 Å². The number of hydrogen-bond acceptors (Lipinski definition) is 3. The molecular formula is C14H25N3O2. The summed E-state index contributed by atoms with van der Waals surface area (Å²) in [4.78, 5) is 26.4. The van der Waals surface area contributed by atoms with Gasteiger partial charge in [0.25, 0.3) is 0 Å². The molecule has 5 heteroatoms. The molecule has 2 rings (SSSR count). The molecule has 5 nitrogen and oxygen atoms in total. The summed E-state index contributed by atoms with van der Waals surface area (Å²) in [5.74, 6) is 0.260. The van der Waals surface area contributed by atoms with E-state index in [2.05, 4.69) is 5.32 Å². The Morgan fingerprint density at radius 1 is 1.42 bits per heavy atom. The molecule has 19 heavy (non-hydrogen) atoms. The first-order valence-electron chi connectivity index (χ1n) is 7.34. The van der Waals surface area contributed by atoms with Crippen LogP contribution in [0.3, 0.4) is 0 Å². The molecule has 1 aliphatic carbocycles. The molecular weight excluding hydrogens is 242 g/mol. The lowest BCUT2D eigenvalue weighted by Gasteiger charge is -2.40. The Hall–Kier alpha value is -1.10. The molecule has 1 saturated carbocycles. The fourth-order valence-electron chi connectivity index (χ4n) is 3.28. The monoisotopic (exact) mass is 267 g/mol. The van der Waals surface area contributed by atoms with Crippen LogP contribution in [-0.2, 0) is 9.59 Å². The number of amides is 2. The van der Waals surface area contributed by atoms with Crippen LogP contribution in [0.4, 0.5) is 0 Å². The van der Waals surface area contributed by atoms with Crippen LogP contribution in [0.2, 0.25) is 0 Å². The van der Waals surface area contributed by atoms with Gasteiger partial charge in [0, 0.05) is 25.0 Å². The van der Waals surface area contributed by atoms with E-state index in [0.29, 0.717) is 13.1 Å². The Morgan fingerprint density at radius 3 is 2.79 bits per heavy atom. The Kier molecular flexibility index (Phi) is 4.45. The maximum atomic E-state index is 12.6. The Labute approximate surface area is 114 Å². The Morgan fingerprint density at radius 2 is 2.16 bits per heavy atom. The van der Waals surface area contributed by atoms with Gasteiger partial charge in [0.15, 0.2) is 0 Å². The molecule has 0 aromatic rings. The minimum Gasteiger partial charge on any atom is -0.353 e. The van der Waals surface area contributed by atoms with Crippen LogP contribution >= 0.6 is 0 Å². The molecule has 3 unspecified atom stereocenters. The zero-order chi connectivity index (χ0) is 14.0. The lowest BCUT2D eigenvalue weighted by Crippen LogP contribution is -2.60. The molecule has 1 saturated heterocycles. The Bertz CT molecular complexity index is 357. The van der Waals surface area contributed by atoms with Gasteiger partial charge in [-0.2, -0.15) is 0 Å². The summed E-state index contributed by atoms with van der Waals surface area (Å²) in [6, 6.07) is -0.182. The van der Waals surface area contributed by atoms with Crippen LogP contribution in [-0.4, -0.2) is 41.9 Å². The molecule has 108 valence electrons. The number of carbonyl (C=O) groups excluding carboxylic acids is 2. The summed E-state index contributed by atoms with van der Waals surface area (Å²) in [5.41, 5.74) is 5.96. The van der Waals surface area contributed by atoms with Gasteiger partial charge in [0.1, 0.15) is 6.04 Å². The number of carbonyl (C=O) groups is 2. The number of piperazine rings is 1. The van der Waals surface area contributed by atoms with Gasteiger partial charge in [-0.05, 0) is 25.2 Å². The molecule has 0 radical (unpaired) electrons. The van der Waals surface area contributed by atoms with Crippen molar-refractivity contribution in [2.45, 2.75) is 51.6 Å². The second kappa shape index (κ2) is 5.90. The molecule has 0 aromatic carbocycles. The fraction of sp³-hybridized carbons (Fsp3) is 0.857. The van der Waals surface area contributed by atoms with E-state index < -0.39 is 0 Å². The standard InChI is InChI=1S/C14H25N3O2/c1-9(2)12-13(18)16-6-7-17(12)14(19)10-4-3-5-11(15)8-10/h9-12H,3-8,15H2,1-2H3,(H,16,18). The van der Waals surface area contributed by atoms with Gasteiger partial charge >= 0.3 is 0 Å². The predicted octanol–water partition coefficient (Wildman–Crippen LogP) is 0.487. The molecule has 1 aliphatic heterocycles. The van der Waals surface area contributed by atoms with Crippen LogP contribution in [0, 0.1) is 11.8 Å². The van der Waals surface area contributed by atoms with Crippen molar-refractivity contribution in [2.75, 3.05) is 13.1 Å². The lowest BCUT2D eigenvalue weighted by atomic mass is 9.84. The average Bonchev–Trinajstić information content (AvgIpc) is 2.37. The predicted molar refractivity (Wildman–Crippen MR) is 73.3 cm³/mol. The summed E-state index contributed by atoms with van der Waals surface area (Å²) in [7, 11) is 0. The van der Waals surface area contributed by atoms with E-state index in [-0.39, 0.29) is 35.7 Å². The van der Waals surface area contributed by atoms with Gasteiger partial charge < -0.3 is 16.0 Å². The first-order chi connectivity index (χ1) is 9.00. The third kappa shape index (κ3) is 3.08. The second-order valence-electron chi connectivity index (χ2n) is 6.14. The third-order valence-corrected chi connectivity index (χ3v) is 4.23. The minimum absolute atomic E-state index is 0.0101. The van der Waals surface area contributed by atoms with Gasteiger partial charge in [0.2, 0.25) is 11.8 Å². The molecule has 0 bridgehead atoms. The normalized spacial score (nSPS) is 32.3. The maximum Gasteiger partial charge on any atom is 0.243 e. The van der Waals surface area contributed by atoms with Crippen molar-refractivity contribution in [3.63, 3.8) is 0 Å². The first kappa shape index (κ1) is 14.3. The van der Waals surface area contributed by atoms with E-state index in [1.807, 2.05) is 13.8 Å². The van der Waals surface area contributed by atoms with Crippen molar-refractivity contribution in [2.24, 2.45) is 17.6 Å². The number of hydrogen-bond donors (Lipinski definition) is 2. The van der Waals surface area contributed by atoms with Gasteiger partial charge in [0.05, 0.1) is 0 Å². The molecule has 2 aliphatic rings. The van der Waals surface area contributed by atoms with Crippen molar-refractivity contribution in [3.8, 4) is 0 Å². The molecule has 2 fully saturated rings. The third-order valence-electron chi connectivity index (χ3n) is 4.23. The topological polar surface area (TPSA) is 75.4 Å². The summed E-state index contributed by atoms with van der Waals surface area (Å²) in [6.07, 6.45) is 3.71. The average molecular weight is 267 g/mol. The fourth-order valence-corrected chi connectivity index (χ4v) is 3.28. The summed E-state index contributed by atoms with van der Waals surface area (Å²) in [6.45, 7) is 5.16. The van der Waals surface area contributed by atoms with Gasteiger partial charge in [-0.3, -0.25) is 9.59 Å². The van der Waals surface area contributed by atoms with Crippen molar-refractivity contribution >= 4 is 11.8 Å². The van der Waals surface area contributed by atoms with Crippen LogP contribution in [0.15, 0.2) is 0 Å². The highest BCUT2D eigenvalue weighted by Crippen LogP contribution is 2.27. The highest BCUT2D eigenvalue weighted by molar-refractivity contribution is 5.89. The van der Waals surface area contributed by atoms with Gasteiger partial charge in [-0.15, -0.1) is 0 Å². The molecule has 0 aromatic heterocycles. The zero-order valence-corrected chi connectivity index (χ0v) is 11.9. The SMILES string of the molecule is CC(C)C1C(=O)NCCN1C(=O)C1CCCC(N)C1. The summed E-state index contributed by atoms with van der Waals surface area (Å²) in [5, 5.41) is 2.85. The smallest absolute Gasteiger partial charge is 0.243 e. The van der Waals surface area contributed by atoms with Crippen molar-refractivity contribution in [1.82, 2.24) is 10.2 Å². The van der Waals surface area contributed by atoms with E-state index in [1.54, 1.807) is 4.90 Å². The van der Waals surface area contributed by atoms with E-state index in [1.165, 1.54) is 0 Å². The van der Waals surface area contributed by atoms with Crippen LogP contribution in [0.1, 0.15) is 39.5 Å². The molecule has 0 spiro atoms. The van der Waals surface area contributed by atoms with Crippen molar-refractivity contribution in [3.05, 3.63) is 0 Å². The molecule has 3 atom stereocenters. The van der Waals surface area contributed by atoms with Crippen LogP contribution < -0.4 is 11.1 Å². The second-order valence-corrected chi connectivity index (χ2v) is 6.14. The van der Waals surface area contributed by atoms with Crippen LogP contribution in [0.25, 0.3) is 0 Å². The Balaban J connectivity index is 2.09. The quantitative estimate of drug-likeness (QED) is 0.764. The minimum atomic E-state index is -0.320. The van der Waals surface area contributed by atoms with E-state index in [0.717, 1.165) is 25.7 Å². The number of nitrogens with two attached hydrogens (primary N) is 1. The maximum absolute atomic E-state index is 12.6. The molecule has 2 amide bonds. The lowest BCUT2D eigenvalue weighted by molar-refractivity contribution is -0.148. The van der Waals surface area contributed by atoms with Crippen molar-refractivity contribution in [1.29, 1.82) is 0 Å². The van der Waals surface area contributed by atoms with E-state index in [4.69, 9.17) is 5.73 Å². The van der Waals surface area contributed by atoms with Crippen molar-refractivity contribution < 1.29 is 9.59 Å². The van der Waals surface area contributed by atoms with Gasteiger partial charge in [-0.25, -0.2) is 0 Å². The van der Waals surface area contributed by atoms with E-state index in [9.17, 15) is 9.59 Å². The van der Waals surface area contributed by atoms with Crippen LogP contribution in [0.5, 0.6) is 0 Å². The van der Waals surface area contributed by atoms with E-state index >= 15 is 0 Å². The highest BCUT2D eigenvalue weighted by Gasteiger charge is 2.38. The number of rotatable bonds is 2. The highest BCUT2D eigenvalue weighted by atomic mass is 16.2. The molecule has 1 heterocycles. The summed E-state index contributed by atoms with van der Waals surface area (Å²) < 4.78 is 0.